The van der Waals surface area contributed by atoms with E-state index >= 15 is 0 Å². The van der Waals surface area contributed by atoms with Gasteiger partial charge in [0.2, 0.25) is 5.91 Å². The van der Waals surface area contributed by atoms with Crippen LogP contribution in [0.2, 0.25) is 0 Å². The molecule has 2 heterocycles. The number of nitrogens with zero attached hydrogens (tertiary/aromatic N) is 1. The standard InChI is InChI=1S/C13H24N2O2/c1-9-7-15(8-10(2)17-9)13(16)12-5-4-6-14-11(12)3/h9-12,14H,4-8H2,1-3H3. The topological polar surface area (TPSA) is 41.6 Å². The number of hydrogen-bond donors (Lipinski definition) is 1. The Hall–Kier alpha value is -0.610. The largest absolute Gasteiger partial charge is 0.372 e. The molecule has 2 saturated heterocycles. The van der Waals surface area contributed by atoms with Crippen LogP contribution in [0.15, 0.2) is 0 Å². The van der Waals surface area contributed by atoms with Crippen molar-refractivity contribution in [2.45, 2.75) is 51.9 Å². The maximum Gasteiger partial charge on any atom is 0.227 e. The molecule has 0 aromatic carbocycles. The molecular weight excluding hydrogens is 216 g/mol. The SMILES string of the molecule is CC1CN(C(=O)C2CCCNC2C)CC(C)O1. The molecule has 0 bridgehead atoms. The summed E-state index contributed by atoms with van der Waals surface area (Å²) in [6, 6.07) is 0.310. The van der Waals surface area contributed by atoms with Crippen LogP contribution in [0.1, 0.15) is 33.6 Å². The first-order valence-corrected chi connectivity index (χ1v) is 6.75. The van der Waals surface area contributed by atoms with Gasteiger partial charge in [-0.2, -0.15) is 0 Å². The fraction of sp³-hybridized carbons (Fsp3) is 0.923. The van der Waals surface area contributed by atoms with Crippen LogP contribution in [0, 0.1) is 5.92 Å². The monoisotopic (exact) mass is 240 g/mol. The minimum absolute atomic E-state index is 0.154. The normalized spacial score (nSPS) is 39.1. The highest BCUT2D eigenvalue weighted by molar-refractivity contribution is 5.79. The van der Waals surface area contributed by atoms with Crippen LogP contribution >= 0.6 is 0 Å². The second kappa shape index (κ2) is 5.36. The van der Waals surface area contributed by atoms with Crippen LogP contribution in [0.25, 0.3) is 0 Å². The summed E-state index contributed by atoms with van der Waals surface area (Å²) in [5, 5.41) is 3.40. The van der Waals surface area contributed by atoms with E-state index in [9.17, 15) is 4.79 Å². The van der Waals surface area contributed by atoms with Gasteiger partial charge in [-0.05, 0) is 40.2 Å². The average molecular weight is 240 g/mol. The first-order chi connectivity index (χ1) is 8.08. The molecule has 4 atom stereocenters. The fourth-order valence-electron chi connectivity index (χ4n) is 2.97. The first kappa shape index (κ1) is 12.8. The van der Waals surface area contributed by atoms with Gasteiger partial charge < -0.3 is 15.0 Å². The van der Waals surface area contributed by atoms with E-state index < -0.39 is 0 Å². The quantitative estimate of drug-likeness (QED) is 0.744. The van der Waals surface area contributed by atoms with Crippen molar-refractivity contribution < 1.29 is 9.53 Å². The number of nitrogens with one attached hydrogen (secondary N) is 1. The summed E-state index contributed by atoms with van der Waals surface area (Å²) in [5.41, 5.74) is 0. The molecule has 4 unspecified atom stereocenters. The molecule has 2 rings (SSSR count). The van der Waals surface area contributed by atoms with Crippen LogP contribution in [0.4, 0.5) is 0 Å². The van der Waals surface area contributed by atoms with Crippen molar-refractivity contribution in [2.24, 2.45) is 5.92 Å². The number of carbonyl (C=O) groups is 1. The molecule has 0 aromatic heterocycles. The van der Waals surface area contributed by atoms with Crippen molar-refractivity contribution in [3.05, 3.63) is 0 Å². The highest BCUT2D eigenvalue weighted by Gasteiger charge is 2.34. The molecule has 1 N–H and O–H groups in total. The van der Waals surface area contributed by atoms with Crippen molar-refractivity contribution >= 4 is 5.91 Å². The lowest BCUT2D eigenvalue weighted by Gasteiger charge is -2.39. The third-order valence-corrected chi connectivity index (χ3v) is 3.81. The first-order valence-electron chi connectivity index (χ1n) is 6.75. The van der Waals surface area contributed by atoms with Crippen LogP contribution < -0.4 is 5.32 Å². The second-order valence-corrected chi connectivity index (χ2v) is 5.49. The predicted molar refractivity (Wildman–Crippen MR) is 66.8 cm³/mol. The molecule has 0 aliphatic carbocycles. The molecule has 1 amide bonds. The summed E-state index contributed by atoms with van der Waals surface area (Å²) >= 11 is 0. The zero-order chi connectivity index (χ0) is 12.4. The number of amides is 1. The zero-order valence-electron chi connectivity index (χ0n) is 11.1. The third kappa shape index (κ3) is 2.99. The van der Waals surface area contributed by atoms with Crippen molar-refractivity contribution in [3.63, 3.8) is 0 Å². The van der Waals surface area contributed by atoms with Crippen LogP contribution in [-0.4, -0.2) is 48.7 Å². The van der Waals surface area contributed by atoms with Gasteiger partial charge in [-0.1, -0.05) is 0 Å². The Balaban J connectivity index is 1.98. The van der Waals surface area contributed by atoms with E-state index in [0.717, 1.165) is 32.5 Å². The Bertz CT molecular complexity index is 273. The predicted octanol–water partition coefficient (Wildman–Crippen LogP) is 1.01. The Morgan fingerprint density at radius 3 is 2.47 bits per heavy atom. The number of ether oxygens (including phenoxy) is 1. The fourth-order valence-corrected chi connectivity index (χ4v) is 2.97. The minimum atomic E-state index is 0.154. The van der Waals surface area contributed by atoms with Gasteiger partial charge in [-0.25, -0.2) is 0 Å². The Morgan fingerprint density at radius 1 is 1.24 bits per heavy atom. The van der Waals surface area contributed by atoms with Crippen LogP contribution in [-0.2, 0) is 9.53 Å². The zero-order valence-corrected chi connectivity index (χ0v) is 11.1. The number of hydrogen-bond acceptors (Lipinski definition) is 3. The summed E-state index contributed by atoms with van der Waals surface area (Å²) in [4.78, 5) is 14.5. The number of rotatable bonds is 1. The molecule has 98 valence electrons. The number of morpholine rings is 1. The molecule has 2 aliphatic heterocycles. The molecule has 0 spiro atoms. The van der Waals surface area contributed by atoms with Crippen molar-refractivity contribution in [2.75, 3.05) is 19.6 Å². The maximum atomic E-state index is 12.5. The number of piperidine rings is 1. The highest BCUT2D eigenvalue weighted by atomic mass is 16.5. The van der Waals surface area contributed by atoms with E-state index in [1.54, 1.807) is 0 Å². The molecule has 4 heteroatoms. The Labute approximate surface area is 104 Å². The molecule has 0 aromatic rings. The summed E-state index contributed by atoms with van der Waals surface area (Å²) in [5.74, 6) is 0.466. The highest BCUT2D eigenvalue weighted by Crippen LogP contribution is 2.21. The van der Waals surface area contributed by atoms with Gasteiger partial charge in [0, 0.05) is 19.1 Å². The molecule has 4 nitrogen and oxygen atoms in total. The van der Waals surface area contributed by atoms with Crippen molar-refractivity contribution in [1.29, 1.82) is 0 Å². The van der Waals surface area contributed by atoms with Crippen LogP contribution in [0.5, 0.6) is 0 Å². The lowest BCUT2D eigenvalue weighted by atomic mass is 9.90. The van der Waals surface area contributed by atoms with E-state index in [-0.39, 0.29) is 18.1 Å². The molecule has 0 radical (unpaired) electrons. The van der Waals surface area contributed by atoms with Crippen molar-refractivity contribution in [1.82, 2.24) is 10.2 Å². The lowest BCUT2D eigenvalue weighted by Crippen LogP contribution is -2.54. The molecule has 17 heavy (non-hydrogen) atoms. The Kier molecular flexibility index (Phi) is 4.05. The van der Waals surface area contributed by atoms with Crippen LogP contribution in [0.3, 0.4) is 0 Å². The summed E-state index contributed by atoms with van der Waals surface area (Å²) < 4.78 is 5.67. The maximum absolute atomic E-state index is 12.5. The molecule has 2 aliphatic rings. The average Bonchev–Trinajstić information content (AvgIpc) is 2.27. The van der Waals surface area contributed by atoms with Crippen molar-refractivity contribution in [3.8, 4) is 0 Å². The van der Waals surface area contributed by atoms with Gasteiger partial charge in [0.1, 0.15) is 0 Å². The lowest BCUT2D eigenvalue weighted by molar-refractivity contribution is -0.149. The third-order valence-electron chi connectivity index (χ3n) is 3.81. The number of carbonyl (C=O) groups excluding carboxylic acids is 1. The molecule has 2 fully saturated rings. The van der Waals surface area contributed by atoms with E-state index in [4.69, 9.17) is 4.74 Å². The van der Waals surface area contributed by atoms with E-state index in [1.807, 2.05) is 18.7 Å². The molecular formula is C13H24N2O2. The van der Waals surface area contributed by atoms with Gasteiger partial charge in [0.15, 0.2) is 0 Å². The summed E-state index contributed by atoms with van der Waals surface area (Å²) in [6.07, 6.45) is 2.45. The van der Waals surface area contributed by atoms with Gasteiger partial charge in [0.05, 0.1) is 18.1 Å². The van der Waals surface area contributed by atoms with E-state index in [0.29, 0.717) is 11.9 Å². The summed E-state index contributed by atoms with van der Waals surface area (Å²) in [6.45, 7) is 8.73. The minimum Gasteiger partial charge on any atom is -0.372 e. The molecule has 0 saturated carbocycles. The summed E-state index contributed by atoms with van der Waals surface area (Å²) in [7, 11) is 0. The van der Waals surface area contributed by atoms with Gasteiger partial charge >= 0.3 is 0 Å². The smallest absolute Gasteiger partial charge is 0.227 e. The van der Waals surface area contributed by atoms with Gasteiger partial charge in [0.25, 0.3) is 0 Å². The Morgan fingerprint density at radius 2 is 1.88 bits per heavy atom. The second-order valence-electron chi connectivity index (χ2n) is 5.49. The van der Waals surface area contributed by atoms with E-state index in [1.165, 1.54) is 0 Å². The van der Waals surface area contributed by atoms with E-state index in [2.05, 4.69) is 12.2 Å². The van der Waals surface area contributed by atoms with Gasteiger partial charge in [-0.15, -0.1) is 0 Å². The van der Waals surface area contributed by atoms with Gasteiger partial charge in [-0.3, -0.25) is 4.79 Å².